The smallest absolute Gasteiger partial charge is 0.295 e. The molecule has 0 aliphatic carbocycles. The number of aromatic hydroxyl groups is 1. The van der Waals surface area contributed by atoms with Crippen LogP contribution in [0.25, 0.3) is 0 Å². The number of hydrogen-bond acceptors (Lipinski definition) is 8. The second-order valence-corrected chi connectivity index (χ2v) is 8.47. The highest BCUT2D eigenvalue weighted by atomic mass is 35.5. The third kappa shape index (κ3) is 5.45. The van der Waals surface area contributed by atoms with Gasteiger partial charge >= 0.3 is 0 Å². The van der Waals surface area contributed by atoms with Crippen LogP contribution in [-0.2, 0) is 10.0 Å². The van der Waals surface area contributed by atoms with Crippen molar-refractivity contribution in [1.82, 2.24) is 0 Å². The number of anilines is 2. The summed E-state index contributed by atoms with van der Waals surface area (Å²) >= 11 is 5.79. The summed E-state index contributed by atoms with van der Waals surface area (Å²) in [4.78, 5) is 10.5. The molecule has 0 aromatic heterocycles. The Morgan fingerprint density at radius 3 is 2.50 bits per heavy atom. The lowest BCUT2D eigenvalue weighted by Gasteiger charge is -2.09. The highest BCUT2D eigenvalue weighted by Crippen LogP contribution is 2.29. The third-order valence-electron chi connectivity index (χ3n) is 4.18. The van der Waals surface area contributed by atoms with E-state index in [2.05, 4.69) is 15.2 Å². The molecular weight excluding hydrogens is 460 g/mol. The van der Waals surface area contributed by atoms with Crippen molar-refractivity contribution in [2.45, 2.75) is 4.90 Å². The van der Waals surface area contributed by atoms with Gasteiger partial charge in [-0.25, -0.2) is 8.42 Å². The number of nitro groups is 1. The monoisotopic (exact) mass is 476 g/mol. The molecule has 0 amide bonds. The van der Waals surface area contributed by atoms with Crippen LogP contribution in [0.4, 0.5) is 17.1 Å². The second-order valence-electron chi connectivity index (χ2n) is 6.35. The minimum atomic E-state index is -4.08. The summed E-state index contributed by atoms with van der Waals surface area (Å²) in [6.45, 7) is 0. The predicted molar refractivity (Wildman–Crippen MR) is 121 cm³/mol. The standard InChI is InChI=1S/C20H17ClN4O6S/c1-31-20-10-13(2-9-19(20)26)12-22-23-17-8-7-16(11-18(17)25(27)28)32(29,30)24-15-5-3-14(21)4-6-15/h2-12,23-24,26H,1H3/b22-12-. The number of hydrazone groups is 1. The zero-order valence-electron chi connectivity index (χ0n) is 16.5. The van der Waals surface area contributed by atoms with Crippen LogP contribution in [0.3, 0.4) is 0 Å². The maximum atomic E-state index is 12.6. The largest absolute Gasteiger partial charge is 0.504 e. The number of rotatable bonds is 8. The van der Waals surface area contributed by atoms with E-state index in [1.54, 1.807) is 6.07 Å². The Morgan fingerprint density at radius 1 is 1.12 bits per heavy atom. The van der Waals surface area contributed by atoms with E-state index >= 15 is 0 Å². The van der Waals surface area contributed by atoms with E-state index in [4.69, 9.17) is 16.3 Å². The number of hydrogen-bond donors (Lipinski definition) is 3. The van der Waals surface area contributed by atoms with Gasteiger partial charge in [-0.05, 0) is 60.2 Å². The molecule has 0 radical (unpaired) electrons. The van der Waals surface area contributed by atoms with Crippen LogP contribution in [-0.4, -0.2) is 31.8 Å². The van der Waals surface area contributed by atoms with Crippen molar-refractivity contribution in [2.75, 3.05) is 17.3 Å². The van der Waals surface area contributed by atoms with E-state index in [0.29, 0.717) is 10.6 Å². The van der Waals surface area contributed by atoms with Gasteiger partial charge in [0.2, 0.25) is 0 Å². The van der Waals surface area contributed by atoms with Gasteiger partial charge in [0.05, 0.1) is 23.1 Å². The number of halogens is 1. The van der Waals surface area contributed by atoms with Crippen LogP contribution >= 0.6 is 11.6 Å². The molecule has 0 fully saturated rings. The number of phenols is 1. The third-order valence-corrected chi connectivity index (χ3v) is 5.81. The van der Waals surface area contributed by atoms with Crippen molar-refractivity contribution in [2.24, 2.45) is 5.10 Å². The van der Waals surface area contributed by atoms with Gasteiger partial charge < -0.3 is 9.84 Å². The highest BCUT2D eigenvalue weighted by molar-refractivity contribution is 7.92. The van der Waals surface area contributed by atoms with Crippen molar-refractivity contribution in [3.8, 4) is 11.5 Å². The molecular formula is C20H17ClN4O6S. The Balaban J connectivity index is 1.82. The molecule has 3 aromatic rings. The summed E-state index contributed by atoms with van der Waals surface area (Å²) in [5.41, 5.74) is 2.84. The zero-order valence-corrected chi connectivity index (χ0v) is 18.1. The summed E-state index contributed by atoms with van der Waals surface area (Å²) in [6, 6.07) is 13.8. The van der Waals surface area contributed by atoms with Crippen molar-refractivity contribution < 1.29 is 23.2 Å². The van der Waals surface area contributed by atoms with Crippen molar-refractivity contribution in [3.63, 3.8) is 0 Å². The molecule has 0 atom stereocenters. The quantitative estimate of drug-likeness (QED) is 0.251. The Bertz CT molecular complexity index is 1280. The molecule has 0 heterocycles. The number of nitrogens with one attached hydrogen (secondary N) is 2. The Kier molecular flexibility index (Phi) is 6.81. The predicted octanol–water partition coefficient (Wildman–Crippen LogP) is 4.21. The van der Waals surface area contributed by atoms with E-state index < -0.39 is 20.6 Å². The van der Waals surface area contributed by atoms with Gasteiger partial charge in [-0.1, -0.05) is 11.6 Å². The molecule has 0 aliphatic heterocycles. The molecule has 166 valence electrons. The number of nitrogens with zero attached hydrogens (tertiary/aromatic N) is 2. The van der Waals surface area contributed by atoms with Gasteiger partial charge in [-0.2, -0.15) is 5.10 Å². The van der Waals surface area contributed by atoms with Gasteiger partial charge in [0, 0.05) is 16.8 Å². The lowest BCUT2D eigenvalue weighted by Crippen LogP contribution is -2.13. The summed E-state index contributed by atoms with van der Waals surface area (Å²) in [5, 5.41) is 25.5. The average Bonchev–Trinajstić information content (AvgIpc) is 2.76. The number of nitro benzene ring substituents is 1. The molecule has 0 bridgehead atoms. The van der Waals surface area contributed by atoms with Gasteiger partial charge in [0.25, 0.3) is 15.7 Å². The normalized spacial score (nSPS) is 11.3. The molecule has 0 saturated carbocycles. The van der Waals surface area contributed by atoms with Crippen LogP contribution in [0.1, 0.15) is 5.56 Å². The molecule has 12 heteroatoms. The molecule has 3 rings (SSSR count). The van der Waals surface area contributed by atoms with Crippen LogP contribution in [0.5, 0.6) is 11.5 Å². The zero-order chi connectivity index (χ0) is 23.3. The van der Waals surface area contributed by atoms with Gasteiger partial charge in [0.15, 0.2) is 11.5 Å². The molecule has 0 unspecified atom stereocenters. The Morgan fingerprint density at radius 2 is 1.84 bits per heavy atom. The summed E-state index contributed by atoms with van der Waals surface area (Å²) < 4.78 is 32.6. The average molecular weight is 477 g/mol. The van der Waals surface area contributed by atoms with E-state index in [-0.39, 0.29) is 27.8 Å². The lowest BCUT2D eigenvalue weighted by atomic mass is 10.2. The molecule has 0 aliphatic rings. The summed E-state index contributed by atoms with van der Waals surface area (Å²) in [6.07, 6.45) is 1.36. The van der Waals surface area contributed by atoms with Gasteiger partial charge in [-0.15, -0.1) is 0 Å². The first-order valence-electron chi connectivity index (χ1n) is 8.92. The van der Waals surface area contributed by atoms with Crippen molar-refractivity contribution in [3.05, 3.63) is 81.4 Å². The SMILES string of the molecule is COc1cc(/C=N\Nc2ccc(S(=O)(=O)Nc3ccc(Cl)cc3)cc2[N+](=O)[O-])ccc1O. The lowest BCUT2D eigenvalue weighted by molar-refractivity contribution is -0.384. The van der Waals surface area contributed by atoms with E-state index in [9.17, 15) is 23.6 Å². The first-order valence-corrected chi connectivity index (χ1v) is 10.8. The maximum Gasteiger partial charge on any atom is 0.295 e. The molecule has 3 aromatic carbocycles. The van der Waals surface area contributed by atoms with Crippen LogP contribution in [0.2, 0.25) is 5.02 Å². The van der Waals surface area contributed by atoms with Crippen LogP contribution in [0.15, 0.2) is 70.7 Å². The number of ether oxygens (including phenoxy) is 1. The summed E-state index contributed by atoms with van der Waals surface area (Å²) in [5.74, 6) is 0.194. The molecule has 0 saturated heterocycles. The molecule has 10 nitrogen and oxygen atoms in total. The van der Waals surface area contributed by atoms with Crippen LogP contribution < -0.4 is 14.9 Å². The van der Waals surface area contributed by atoms with E-state index in [1.165, 1.54) is 61.9 Å². The first kappa shape index (κ1) is 22.8. The minimum Gasteiger partial charge on any atom is -0.504 e. The fraction of sp³-hybridized carbons (Fsp3) is 0.0500. The van der Waals surface area contributed by atoms with Crippen LogP contribution in [0, 0.1) is 10.1 Å². The Hall–Kier alpha value is -3.83. The van der Waals surface area contributed by atoms with E-state index in [1.807, 2.05) is 0 Å². The van der Waals surface area contributed by atoms with E-state index in [0.717, 1.165) is 6.07 Å². The second kappa shape index (κ2) is 9.54. The number of benzene rings is 3. The highest BCUT2D eigenvalue weighted by Gasteiger charge is 2.21. The van der Waals surface area contributed by atoms with Crippen molar-refractivity contribution >= 4 is 44.9 Å². The van der Waals surface area contributed by atoms with Gasteiger partial charge in [-0.3, -0.25) is 20.3 Å². The molecule has 0 spiro atoms. The number of sulfonamides is 1. The topological polar surface area (TPSA) is 143 Å². The fourth-order valence-corrected chi connectivity index (χ4v) is 3.81. The number of phenolic OH excluding ortho intramolecular Hbond substituents is 1. The molecule has 3 N–H and O–H groups in total. The fourth-order valence-electron chi connectivity index (χ4n) is 2.61. The van der Waals surface area contributed by atoms with Gasteiger partial charge in [0.1, 0.15) is 5.69 Å². The first-order chi connectivity index (χ1) is 15.2. The molecule has 32 heavy (non-hydrogen) atoms. The summed E-state index contributed by atoms with van der Waals surface area (Å²) in [7, 11) is -2.68. The minimum absolute atomic E-state index is 0.0116. The number of methoxy groups -OCH3 is 1. The maximum absolute atomic E-state index is 12.6. The van der Waals surface area contributed by atoms with Crippen molar-refractivity contribution in [1.29, 1.82) is 0 Å². The Labute approximate surface area is 188 Å².